The van der Waals surface area contributed by atoms with Gasteiger partial charge in [-0.2, -0.15) is 5.11 Å². The molecule has 2 unspecified atom stereocenters. The van der Waals surface area contributed by atoms with Gasteiger partial charge in [0.2, 0.25) is 0 Å². The molecule has 0 radical (unpaired) electrons. The number of ketones is 1. The molecule has 7 heteroatoms. The Labute approximate surface area is 207 Å². The van der Waals surface area contributed by atoms with Crippen molar-refractivity contribution in [3.8, 4) is 0 Å². The summed E-state index contributed by atoms with van der Waals surface area (Å²) in [5.41, 5.74) is 7.43. The van der Waals surface area contributed by atoms with Crippen molar-refractivity contribution in [2.75, 3.05) is 25.6 Å². The highest BCUT2D eigenvalue weighted by Crippen LogP contribution is 2.64. The van der Waals surface area contributed by atoms with E-state index in [0.29, 0.717) is 36.0 Å². The Morgan fingerprint density at radius 2 is 1.97 bits per heavy atom. The molecule has 4 aliphatic carbocycles. The largest absolute Gasteiger partial charge is 0.387 e. The summed E-state index contributed by atoms with van der Waals surface area (Å²) in [4.78, 5) is 13.4. The molecule has 6 nitrogen and oxygen atoms in total. The summed E-state index contributed by atoms with van der Waals surface area (Å²) >= 11 is 0. The number of carbonyl (C=O) groups excluding carboxylic acids is 1. The maximum absolute atomic E-state index is 13.5. The minimum atomic E-state index is -0.651. The molecule has 4 saturated carbocycles. The Bertz CT molecular complexity index is 973. The van der Waals surface area contributed by atoms with E-state index >= 15 is 0 Å². The highest BCUT2D eigenvalue weighted by Gasteiger charge is 2.58. The predicted octanol–water partition coefficient (Wildman–Crippen LogP) is 6.12. The van der Waals surface area contributed by atoms with Crippen molar-refractivity contribution in [1.29, 1.82) is 5.53 Å². The van der Waals surface area contributed by atoms with E-state index in [4.69, 9.17) is 10.3 Å². The summed E-state index contributed by atoms with van der Waals surface area (Å²) in [6, 6.07) is 4.09. The maximum atomic E-state index is 13.5. The summed E-state index contributed by atoms with van der Waals surface area (Å²) < 4.78 is 18.8. The predicted molar refractivity (Wildman–Crippen MR) is 132 cm³/mol. The second kappa shape index (κ2) is 9.55. The zero-order valence-electron chi connectivity index (χ0n) is 21.1. The van der Waals surface area contributed by atoms with Crippen LogP contribution in [0.15, 0.2) is 23.3 Å². The van der Waals surface area contributed by atoms with E-state index in [2.05, 4.69) is 17.4 Å². The fourth-order valence-corrected chi connectivity index (χ4v) is 8.94. The fourth-order valence-electron chi connectivity index (χ4n) is 8.94. The van der Waals surface area contributed by atoms with Crippen LogP contribution >= 0.6 is 0 Å². The van der Waals surface area contributed by atoms with Crippen LogP contribution in [0.4, 0.5) is 15.8 Å². The molecule has 1 aromatic carbocycles. The molecular weight excluding hydrogens is 445 g/mol. The van der Waals surface area contributed by atoms with Crippen molar-refractivity contribution in [3.63, 3.8) is 0 Å². The lowest BCUT2D eigenvalue weighted by Crippen LogP contribution is -2.52. The Kier molecular flexibility index (Phi) is 6.77. The number of nitrogens with zero attached hydrogens (tertiary/aromatic N) is 1. The molecule has 8 atom stereocenters. The number of rotatable bonds is 7. The number of carbonyl (C=O) groups is 1. The average molecular weight is 486 g/mol. The molecule has 0 spiro atoms. The van der Waals surface area contributed by atoms with Crippen LogP contribution in [0.1, 0.15) is 64.7 Å². The van der Waals surface area contributed by atoms with E-state index < -0.39 is 11.4 Å². The minimum absolute atomic E-state index is 0.0453. The second-order valence-corrected chi connectivity index (χ2v) is 12.1. The van der Waals surface area contributed by atoms with E-state index in [-0.39, 0.29) is 29.3 Å². The van der Waals surface area contributed by atoms with Gasteiger partial charge in [-0.3, -0.25) is 4.79 Å². The molecule has 4 fully saturated rings. The highest BCUT2D eigenvalue weighted by atomic mass is 19.1. The average Bonchev–Trinajstić information content (AvgIpc) is 3.20. The first kappa shape index (κ1) is 24.8. The Morgan fingerprint density at radius 3 is 2.74 bits per heavy atom. The number of nitrogens with one attached hydrogen (secondary N) is 2. The summed E-state index contributed by atoms with van der Waals surface area (Å²) in [5.74, 6) is 3.17. The molecule has 0 amide bonds. The minimum Gasteiger partial charge on any atom is -0.387 e. The lowest BCUT2D eigenvalue weighted by Gasteiger charge is -2.57. The van der Waals surface area contributed by atoms with Gasteiger partial charge < -0.3 is 15.2 Å². The van der Waals surface area contributed by atoms with Crippen LogP contribution in [0.2, 0.25) is 0 Å². The number of ether oxygens (including phenoxy) is 1. The molecule has 3 N–H and O–H groups in total. The van der Waals surface area contributed by atoms with Crippen LogP contribution in [0.3, 0.4) is 0 Å². The molecule has 0 aromatic heterocycles. The monoisotopic (exact) mass is 485 g/mol. The Morgan fingerprint density at radius 1 is 1.17 bits per heavy atom. The van der Waals surface area contributed by atoms with Gasteiger partial charge in [-0.1, -0.05) is 6.92 Å². The van der Waals surface area contributed by atoms with Crippen molar-refractivity contribution in [3.05, 3.63) is 24.0 Å². The second-order valence-electron chi connectivity index (χ2n) is 12.1. The van der Waals surface area contributed by atoms with Crippen molar-refractivity contribution in [2.24, 2.45) is 46.0 Å². The van der Waals surface area contributed by atoms with Gasteiger partial charge in [0.25, 0.3) is 0 Å². The maximum Gasteiger partial charge on any atom is 0.155 e. The molecular formula is C28H40FN3O3. The van der Waals surface area contributed by atoms with Crippen molar-refractivity contribution in [2.45, 2.75) is 70.3 Å². The lowest BCUT2D eigenvalue weighted by molar-refractivity contribution is -0.135. The number of Topliss-reactive ketones (excluding diaryl/α,β-unsaturated/α-hetero) is 1. The first-order valence-electron chi connectivity index (χ1n) is 13.4. The zero-order chi connectivity index (χ0) is 24.8. The zero-order valence-corrected chi connectivity index (χ0v) is 21.1. The molecule has 0 aliphatic heterocycles. The van der Waals surface area contributed by atoms with Crippen molar-refractivity contribution < 1.29 is 19.0 Å². The third-order valence-electron chi connectivity index (χ3n) is 10.4. The normalized spacial score (nSPS) is 40.3. The topological polar surface area (TPSA) is 94.8 Å². The fraction of sp³-hybridized carbons (Fsp3) is 0.750. The van der Waals surface area contributed by atoms with Crippen LogP contribution in [-0.2, 0) is 9.53 Å². The van der Waals surface area contributed by atoms with E-state index in [9.17, 15) is 14.3 Å². The number of halogens is 1. The number of anilines is 1. The lowest BCUT2D eigenvalue weighted by atomic mass is 9.49. The number of benzene rings is 1. The summed E-state index contributed by atoms with van der Waals surface area (Å²) in [6.07, 6.45) is 9.60. The third-order valence-corrected chi connectivity index (χ3v) is 10.4. The number of hydrogen-bond acceptors (Lipinski definition) is 6. The van der Waals surface area contributed by atoms with E-state index in [0.717, 1.165) is 44.4 Å². The van der Waals surface area contributed by atoms with Gasteiger partial charge >= 0.3 is 0 Å². The van der Waals surface area contributed by atoms with Gasteiger partial charge in [0, 0.05) is 19.1 Å². The van der Waals surface area contributed by atoms with Crippen molar-refractivity contribution in [1.82, 2.24) is 0 Å². The molecule has 35 heavy (non-hydrogen) atoms. The third kappa shape index (κ3) is 4.43. The van der Waals surface area contributed by atoms with Crippen LogP contribution in [0.5, 0.6) is 0 Å². The summed E-state index contributed by atoms with van der Waals surface area (Å²) in [7, 11) is 1.68. The number of methoxy groups -OCH3 is 1. The molecule has 1 aromatic rings. The summed E-state index contributed by atoms with van der Waals surface area (Å²) in [5, 5.41) is 17.5. The standard InChI is InChI=1S/C28H40FN3O3/c1-27-11-9-20-19-10-12-28(34,16-35-2)14-17(19)3-5-21(20)22(27)6-7-23(27)26(33)15-31-24-8-4-18(29)13-25(24)32-30/h4,8,13,17,19-23,30-31,34H,3,5-7,9-12,14-16H2,1-2H3/t17-,19+,20?,21-,22?,23-,27+,28-/m1/s1. The van der Waals surface area contributed by atoms with Crippen molar-refractivity contribution >= 4 is 17.2 Å². The molecule has 192 valence electrons. The van der Waals surface area contributed by atoms with Gasteiger partial charge in [0.05, 0.1) is 24.4 Å². The van der Waals surface area contributed by atoms with Crippen LogP contribution in [0, 0.1) is 52.3 Å². The van der Waals surface area contributed by atoms with Crippen LogP contribution in [0.25, 0.3) is 0 Å². The quantitative estimate of drug-likeness (QED) is 0.406. The number of aliphatic hydroxyl groups is 1. The van der Waals surface area contributed by atoms with Gasteiger partial charge in [-0.25, -0.2) is 9.92 Å². The molecule has 4 aliphatic rings. The number of hydrogen-bond donors (Lipinski definition) is 3. The molecule has 0 bridgehead atoms. The van der Waals surface area contributed by atoms with Crippen LogP contribution < -0.4 is 5.32 Å². The molecule has 0 saturated heterocycles. The van der Waals surface area contributed by atoms with E-state index in [1.165, 1.54) is 31.4 Å². The molecule has 5 rings (SSSR count). The SMILES string of the molecule is COC[C@@]1(O)CC[C@@H]2C3CC[C@@]4(C)C(CC[C@@H]4C(=O)CNc4ccc(F)cc4N=N)[C@@H]3CC[C@@H]2C1. The smallest absolute Gasteiger partial charge is 0.155 e. The molecule has 0 heterocycles. The van der Waals surface area contributed by atoms with Gasteiger partial charge in [-0.05, 0) is 105 Å². The van der Waals surface area contributed by atoms with Gasteiger partial charge in [0.15, 0.2) is 5.78 Å². The first-order chi connectivity index (χ1) is 16.8. The Balaban J connectivity index is 1.25. The van der Waals surface area contributed by atoms with E-state index in [1.807, 2.05) is 0 Å². The number of fused-ring (bicyclic) bond motifs is 5. The van der Waals surface area contributed by atoms with Crippen LogP contribution in [-0.4, -0.2) is 36.8 Å². The van der Waals surface area contributed by atoms with E-state index in [1.54, 1.807) is 13.2 Å². The summed E-state index contributed by atoms with van der Waals surface area (Å²) in [6.45, 7) is 2.99. The highest BCUT2D eigenvalue weighted by molar-refractivity contribution is 5.87. The van der Waals surface area contributed by atoms with Gasteiger partial charge in [0.1, 0.15) is 11.5 Å². The first-order valence-corrected chi connectivity index (χ1v) is 13.4. The Hall–Kier alpha value is -1.86. The van der Waals surface area contributed by atoms with Gasteiger partial charge in [-0.15, -0.1) is 0 Å².